The molecular formula is C13H17N. The van der Waals surface area contributed by atoms with Crippen LogP contribution < -0.4 is 0 Å². The molecule has 0 aliphatic heterocycles. The summed E-state index contributed by atoms with van der Waals surface area (Å²) < 4.78 is 0. The van der Waals surface area contributed by atoms with Crippen molar-refractivity contribution < 1.29 is 0 Å². The van der Waals surface area contributed by atoms with Gasteiger partial charge in [0, 0.05) is 0 Å². The Labute approximate surface area is 86.7 Å². The molecular weight excluding hydrogens is 170 g/mol. The van der Waals surface area contributed by atoms with Gasteiger partial charge in [0.1, 0.15) is 0 Å². The zero-order valence-corrected chi connectivity index (χ0v) is 9.12. The Kier molecular flexibility index (Phi) is 7.17. The maximum Gasteiger partial charge on any atom is 0.0991 e. The highest BCUT2D eigenvalue weighted by Gasteiger charge is 1.88. The van der Waals surface area contributed by atoms with Gasteiger partial charge in [-0.05, 0) is 38.0 Å². The van der Waals surface area contributed by atoms with Crippen LogP contribution in [-0.2, 0) is 6.42 Å². The number of aryl methyl sites for hydroxylation is 1. The first-order valence-electron chi connectivity index (χ1n) is 4.84. The van der Waals surface area contributed by atoms with Gasteiger partial charge < -0.3 is 0 Å². The lowest BCUT2D eigenvalue weighted by atomic mass is 10.1. The normalized spacial score (nSPS) is 9.00. The third-order valence-corrected chi connectivity index (χ3v) is 1.82. The summed E-state index contributed by atoms with van der Waals surface area (Å²) in [7, 11) is 0. The standard InChI is InChI=1S/C9H9N.C4H8/c1-2-8-3-5-9(7-10)6-4-8;1-3-4-2/h3-6H,2H2,1H3;3-4H,1-2H3/b;4-3-. The van der Waals surface area contributed by atoms with Crippen LogP contribution in [0.2, 0.25) is 0 Å². The lowest BCUT2D eigenvalue weighted by Crippen LogP contribution is -1.78. The van der Waals surface area contributed by atoms with Crippen LogP contribution in [0.25, 0.3) is 0 Å². The van der Waals surface area contributed by atoms with E-state index in [2.05, 4.69) is 13.0 Å². The topological polar surface area (TPSA) is 23.8 Å². The number of hydrogen-bond donors (Lipinski definition) is 0. The van der Waals surface area contributed by atoms with E-state index in [1.807, 2.05) is 50.3 Å². The summed E-state index contributed by atoms with van der Waals surface area (Å²) in [6, 6.07) is 9.74. The Balaban J connectivity index is 0.000000364. The largest absolute Gasteiger partial charge is 0.192 e. The van der Waals surface area contributed by atoms with Crippen molar-refractivity contribution in [2.24, 2.45) is 0 Å². The van der Waals surface area contributed by atoms with E-state index in [4.69, 9.17) is 5.26 Å². The molecule has 0 N–H and O–H groups in total. The summed E-state index contributed by atoms with van der Waals surface area (Å²) in [5.41, 5.74) is 2.01. The van der Waals surface area contributed by atoms with Gasteiger partial charge in [-0.15, -0.1) is 0 Å². The fourth-order valence-electron chi connectivity index (χ4n) is 0.815. The van der Waals surface area contributed by atoms with Crippen LogP contribution >= 0.6 is 0 Å². The maximum atomic E-state index is 8.45. The van der Waals surface area contributed by atoms with Gasteiger partial charge >= 0.3 is 0 Å². The third-order valence-electron chi connectivity index (χ3n) is 1.82. The molecule has 1 nitrogen and oxygen atoms in total. The number of benzene rings is 1. The summed E-state index contributed by atoms with van der Waals surface area (Å²) in [4.78, 5) is 0. The second-order valence-electron chi connectivity index (χ2n) is 2.83. The molecule has 0 saturated carbocycles. The first kappa shape index (κ1) is 12.4. The van der Waals surface area contributed by atoms with Crippen molar-refractivity contribution in [3.8, 4) is 6.07 Å². The molecule has 0 spiro atoms. The average molecular weight is 187 g/mol. The van der Waals surface area contributed by atoms with Gasteiger partial charge in [-0.1, -0.05) is 31.2 Å². The van der Waals surface area contributed by atoms with Crippen LogP contribution in [0.1, 0.15) is 31.9 Å². The number of nitrogens with zero attached hydrogens (tertiary/aromatic N) is 1. The highest BCUT2D eigenvalue weighted by molar-refractivity contribution is 5.31. The van der Waals surface area contributed by atoms with E-state index in [9.17, 15) is 0 Å². The SMILES string of the molecule is C/C=C\C.CCc1ccc(C#N)cc1. The summed E-state index contributed by atoms with van der Waals surface area (Å²) in [6.07, 6.45) is 5.03. The molecule has 14 heavy (non-hydrogen) atoms. The monoisotopic (exact) mass is 187 g/mol. The molecule has 0 aliphatic rings. The van der Waals surface area contributed by atoms with Crippen molar-refractivity contribution in [1.82, 2.24) is 0 Å². The molecule has 0 aromatic heterocycles. The van der Waals surface area contributed by atoms with Crippen molar-refractivity contribution >= 4 is 0 Å². The summed E-state index contributed by atoms with van der Waals surface area (Å²) in [6.45, 7) is 6.10. The quantitative estimate of drug-likeness (QED) is 0.615. The molecule has 0 unspecified atom stereocenters. The molecule has 0 saturated heterocycles. The van der Waals surface area contributed by atoms with E-state index < -0.39 is 0 Å². The van der Waals surface area contributed by atoms with Gasteiger partial charge in [0.25, 0.3) is 0 Å². The first-order chi connectivity index (χ1) is 6.78. The van der Waals surface area contributed by atoms with Gasteiger partial charge in [-0.2, -0.15) is 5.26 Å². The van der Waals surface area contributed by atoms with Gasteiger partial charge in [0.05, 0.1) is 11.6 Å². The van der Waals surface area contributed by atoms with Gasteiger partial charge in [-0.25, -0.2) is 0 Å². The molecule has 0 radical (unpaired) electrons. The van der Waals surface area contributed by atoms with Gasteiger partial charge in [0.15, 0.2) is 0 Å². The molecule has 1 rings (SSSR count). The predicted octanol–water partition coefficient (Wildman–Crippen LogP) is 3.70. The first-order valence-corrected chi connectivity index (χ1v) is 4.84. The van der Waals surface area contributed by atoms with E-state index in [-0.39, 0.29) is 0 Å². The lowest BCUT2D eigenvalue weighted by Gasteiger charge is -1.92. The predicted molar refractivity (Wildman–Crippen MR) is 61.0 cm³/mol. The fraction of sp³-hybridized carbons (Fsp3) is 0.308. The molecule has 0 amide bonds. The second-order valence-corrected chi connectivity index (χ2v) is 2.83. The van der Waals surface area contributed by atoms with Gasteiger partial charge in [-0.3, -0.25) is 0 Å². The fourth-order valence-corrected chi connectivity index (χ4v) is 0.815. The van der Waals surface area contributed by atoms with Crippen LogP contribution in [0.5, 0.6) is 0 Å². The highest BCUT2D eigenvalue weighted by Crippen LogP contribution is 2.02. The van der Waals surface area contributed by atoms with E-state index in [1.54, 1.807) is 0 Å². The molecule has 0 bridgehead atoms. The molecule has 0 heterocycles. The van der Waals surface area contributed by atoms with Crippen LogP contribution in [-0.4, -0.2) is 0 Å². The van der Waals surface area contributed by atoms with E-state index in [0.717, 1.165) is 12.0 Å². The molecule has 0 fully saturated rings. The van der Waals surface area contributed by atoms with E-state index >= 15 is 0 Å². The van der Waals surface area contributed by atoms with Crippen molar-refractivity contribution in [1.29, 1.82) is 5.26 Å². The van der Waals surface area contributed by atoms with Crippen molar-refractivity contribution in [3.63, 3.8) is 0 Å². The molecule has 1 aromatic rings. The smallest absolute Gasteiger partial charge is 0.0991 e. The zero-order chi connectivity index (χ0) is 10.8. The maximum absolute atomic E-state index is 8.45. The molecule has 1 aromatic carbocycles. The summed E-state index contributed by atoms with van der Waals surface area (Å²) >= 11 is 0. The average Bonchev–Trinajstić information content (AvgIpc) is 2.29. The summed E-state index contributed by atoms with van der Waals surface area (Å²) in [5, 5.41) is 8.45. The highest BCUT2D eigenvalue weighted by atomic mass is 14.2. The van der Waals surface area contributed by atoms with Gasteiger partial charge in [0.2, 0.25) is 0 Å². The number of rotatable bonds is 1. The Morgan fingerprint density at radius 2 is 1.64 bits per heavy atom. The number of nitriles is 1. The molecule has 0 aliphatic carbocycles. The van der Waals surface area contributed by atoms with Crippen molar-refractivity contribution in [2.75, 3.05) is 0 Å². The number of hydrogen-bond acceptors (Lipinski definition) is 1. The minimum Gasteiger partial charge on any atom is -0.192 e. The zero-order valence-electron chi connectivity index (χ0n) is 9.12. The Morgan fingerprint density at radius 3 is 1.93 bits per heavy atom. The Hall–Kier alpha value is -1.55. The van der Waals surface area contributed by atoms with Crippen LogP contribution in [0.3, 0.4) is 0 Å². The Bertz CT molecular complexity index is 297. The van der Waals surface area contributed by atoms with E-state index in [1.165, 1.54) is 5.56 Å². The van der Waals surface area contributed by atoms with Crippen LogP contribution in [0, 0.1) is 11.3 Å². The molecule has 74 valence electrons. The summed E-state index contributed by atoms with van der Waals surface area (Å²) in [5.74, 6) is 0. The lowest BCUT2D eigenvalue weighted by molar-refractivity contribution is 1.14. The van der Waals surface area contributed by atoms with E-state index in [0.29, 0.717) is 0 Å². The number of allylic oxidation sites excluding steroid dienone is 2. The Morgan fingerprint density at radius 1 is 1.14 bits per heavy atom. The molecule has 1 heteroatoms. The van der Waals surface area contributed by atoms with Crippen molar-refractivity contribution in [3.05, 3.63) is 47.5 Å². The second kappa shape index (κ2) is 8.07. The third kappa shape index (κ3) is 5.16. The minimum atomic E-state index is 0.734. The van der Waals surface area contributed by atoms with Crippen LogP contribution in [0.4, 0.5) is 0 Å². The van der Waals surface area contributed by atoms with Crippen molar-refractivity contribution in [2.45, 2.75) is 27.2 Å². The molecule has 0 atom stereocenters. The minimum absolute atomic E-state index is 0.734. The van der Waals surface area contributed by atoms with Crippen LogP contribution in [0.15, 0.2) is 36.4 Å².